The van der Waals surface area contributed by atoms with E-state index in [1.807, 2.05) is 42.5 Å². The van der Waals surface area contributed by atoms with Gasteiger partial charge in [0.25, 0.3) is 0 Å². The largest absolute Gasteiger partial charge is 0.457 e. The summed E-state index contributed by atoms with van der Waals surface area (Å²) in [6.45, 7) is 0. The van der Waals surface area contributed by atoms with Crippen LogP contribution in [0.3, 0.4) is 0 Å². The Morgan fingerprint density at radius 2 is 1.57 bits per heavy atom. The number of hydrogen-bond donors (Lipinski definition) is 0. The average molecular weight is 404 g/mol. The standard InChI is InChI=1S/C20H13ClF3N3O/c21-18-16(10-11-27-17(12-20(22,23)24)25-26-19(18)27)13-6-8-15(9-7-13)28-14-4-2-1-3-5-14/h1-11H,12H2. The Hall–Kier alpha value is -3.06. The van der Waals surface area contributed by atoms with Gasteiger partial charge in [-0.3, -0.25) is 4.40 Å². The highest BCUT2D eigenvalue weighted by molar-refractivity contribution is 6.36. The Kier molecular flexibility index (Phi) is 4.68. The van der Waals surface area contributed by atoms with Gasteiger partial charge < -0.3 is 4.74 Å². The van der Waals surface area contributed by atoms with Gasteiger partial charge in [0.1, 0.15) is 23.7 Å². The van der Waals surface area contributed by atoms with Crippen LogP contribution in [0.25, 0.3) is 16.8 Å². The van der Waals surface area contributed by atoms with E-state index in [0.717, 1.165) is 11.3 Å². The maximum absolute atomic E-state index is 12.7. The second-order valence-corrected chi connectivity index (χ2v) is 6.46. The van der Waals surface area contributed by atoms with Crippen molar-refractivity contribution in [2.24, 2.45) is 0 Å². The molecule has 0 fully saturated rings. The Balaban J connectivity index is 1.63. The van der Waals surface area contributed by atoms with Gasteiger partial charge in [-0.2, -0.15) is 13.2 Å². The number of benzene rings is 2. The molecule has 0 aliphatic carbocycles. The zero-order valence-electron chi connectivity index (χ0n) is 14.3. The minimum absolute atomic E-state index is 0.183. The van der Waals surface area contributed by atoms with E-state index in [0.29, 0.717) is 11.3 Å². The molecule has 4 nitrogen and oxygen atoms in total. The highest BCUT2D eigenvalue weighted by atomic mass is 35.5. The van der Waals surface area contributed by atoms with Crippen LogP contribution >= 0.6 is 11.6 Å². The predicted molar refractivity (Wildman–Crippen MR) is 99.7 cm³/mol. The summed E-state index contributed by atoms with van der Waals surface area (Å²) >= 11 is 6.39. The van der Waals surface area contributed by atoms with Crippen molar-refractivity contribution < 1.29 is 17.9 Å². The molecule has 2 heterocycles. The number of fused-ring (bicyclic) bond motifs is 1. The summed E-state index contributed by atoms with van der Waals surface area (Å²) in [4.78, 5) is 0. The van der Waals surface area contributed by atoms with Gasteiger partial charge in [0, 0.05) is 11.8 Å². The lowest BCUT2D eigenvalue weighted by molar-refractivity contribution is -0.128. The minimum atomic E-state index is -4.37. The number of alkyl halides is 3. The van der Waals surface area contributed by atoms with Gasteiger partial charge in [0.05, 0.1) is 5.02 Å². The molecular formula is C20H13ClF3N3O. The third-order valence-corrected chi connectivity index (χ3v) is 4.46. The van der Waals surface area contributed by atoms with Crippen LogP contribution in [0.15, 0.2) is 66.9 Å². The van der Waals surface area contributed by atoms with Gasteiger partial charge in [-0.1, -0.05) is 41.9 Å². The molecule has 0 saturated carbocycles. The molecule has 142 valence electrons. The lowest BCUT2D eigenvalue weighted by atomic mass is 10.1. The summed E-state index contributed by atoms with van der Waals surface area (Å²) in [5, 5.41) is 7.68. The number of rotatable bonds is 4. The van der Waals surface area contributed by atoms with E-state index >= 15 is 0 Å². The topological polar surface area (TPSA) is 39.4 Å². The Morgan fingerprint density at radius 1 is 0.893 bits per heavy atom. The van der Waals surface area contributed by atoms with Gasteiger partial charge in [0.15, 0.2) is 5.65 Å². The van der Waals surface area contributed by atoms with Crippen molar-refractivity contribution in [1.82, 2.24) is 14.6 Å². The molecule has 0 spiro atoms. The van der Waals surface area contributed by atoms with Crippen LogP contribution in [0.2, 0.25) is 5.02 Å². The number of pyridine rings is 1. The summed E-state index contributed by atoms with van der Waals surface area (Å²) in [5.74, 6) is 1.17. The summed E-state index contributed by atoms with van der Waals surface area (Å²) in [6.07, 6.45) is -4.05. The first-order chi connectivity index (χ1) is 13.4. The molecule has 0 aliphatic rings. The predicted octanol–water partition coefficient (Wildman–Crippen LogP) is 5.95. The van der Waals surface area contributed by atoms with Crippen LogP contribution in [0.1, 0.15) is 5.82 Å². The summed E-state index contributed by atoms with van der Waals surface area (Å²) in [7, 11) is 0. The first-order valence-corrected chi connectivity index (χ1v) is 8.71. The third kappa shape index (κ3) is 3.80. The molecule has 0 amide bonds. The van der Waals surface area contributed by atoms with Gasteiger partial charge >= 0.3 is 6.18 Å². The summed E-state index contributed by atoms with van der Waals surface area (Å²) < 4.78 is 45.0. The normalized spacial score (nSPS) is 11.7. The van der Waals surface area contributed by atoms with Gasteiger partial charge in [-0.25, -0.2) is 0 Å². The number of aromatic nitrogens is 3. The number of para-hydroxylation sites is 1. The summed E-state index contributed by atoms with van der Waals surface area (Å²) in [6, 6.07) is 18.2. The minimum Gasteiger partial charge on any atom is -0.457 e. The van der Waals surface area contributed by atoms with Crippen molar-refractivity contribution in [3.05, 3.63) is 77.7 Å². The lowest BCUT2D eigenvalue weighted by Crippen LogP contribution is -2.14. The van der Waals surface area contributed by atoms with Crippen LogP contribution in [0.4, 0.5) is 13.2 Å². The van der Waals surface area contributed by atoms with Crippen molar-refractivity contribution in [2.75, 3.05) is 0 Å². The fraction of sp³-hybridized carbons (Fsp3) is 0.100. The smallest absolute Gasteiger partial charge is 0.396 e. The molecule has 0 radical (unpaired) electrons. The highest BCUT2D eigenvalue weighted by Gasteiger charge is 2.30. The van der Waals surface area contributed by atoms with Gasteiger partial charge in [-0.15, -0.1) is 10.2 Å². The SMILES string of the molecule is FC(F)(F)Cc1nnc2c(Cl)c(-c3ccc(Oc4ccccc4)cc3)ccn12. The molecular weight excluding hydrogens is 391 g/mol. The van der Waals surface area contributed by atoms with E-state index in [2.05, 4.69) is 10.2 Å². The first-order valence-electron chi connectivity index (χ1n) is 8.33. The van der Waals surface area contributed by atoms with Crippen LogP contribution in [-0.2, 0) is 6.42 Å². The van der Waals surface area contributed by atoms with E-state index in [1.165, 1.54) is 10.6 Å². The summed E-state index contributed by atoms with van der Waals surface area (Å²) in [5.41, 5.74) is 1.61. The molecule has 0 unspecified atom stereocenters. The molecule has 4 rings (SSSR count). The maximum atomic E-state index is 12.7. The zero-order chi connectivity index (χ0) is 19.7. The third-order valence-electron chi connectivity index (χ3n) is 4.09. The lowest BCUT2D eigenvalue weighted by Gasteiger charge is -2.09. The van der Waals surface area contributed by atoms with Crippen molar-refractivity contribution in [3.63, 3.8) is 0 Å². The zero-order valence-corrected chi connectivity index (χ0v) is 15.1. The average Bonchev–Trinajstić information content (AvgIpc) is 3.06. The number of hydrogen-bond acceptors (Lipinski definition) is 3. The highest BCUT2D eigenvalue weighted by Crippen LogP contribution is 2.33. The number of ether oxygens (including phenoxy) is 1. The quantitative estimate of drug-likeness (QED) is 0.423. The maximum Gasteiger partial charge on any atom is 0.396 e. The molecule has 2 aromatic carbocycles. The Morgan fingerprint density at radius 3 is 2.25 bits per heavy atom. The van der Waals surface area contributed by atoms with E-state index in [1.54, 1.807) is 18.2 Å². The van der Waals surface area contributed by atoms with Crippen molar-refractivity contribution >= 4 is 17.2 Å². The molecule has 4 aromatic rings. The number of halogens is 4. The fourth-order valence-electron chi connectivity index (χ4n) is 2.82. The molecule has 2 aromatic heterocycles. The monoisotopic (exact) mass is 403 g/mol. The molecule has 0 N–H and O–H groups in total. The molecule has 8 heteroatoms. The second-order valence-electron chi connectivity index (χ2n) is 6.08. The number of nitrogens with zero attached hydrogens (tertiary/aromatic N) is 3. The molecule has 0 atom stereocenters. The van der Waals surface area contributed by atoms with Crippen LogP contribution in [0.5, 0.6) is 11.5 Å². The van der Waals surface area contributed by atoms with E-state index in [-0.39, 0.29) is 16.5 Å². The van der Waals surface area contributed by atoms with E-state index in [9.17, 15) is 13.2 Å². The molecule has 0 bridgehead atoms. The molecule has 0 aliphatic heterocycles. The van der Waals surface area contributed by atoms with Crippen LogP contribution in [-0.4, -0.2) is 20.8 Å². The van der Waals surface area contributed by atoms with Gasteiger partial charge in [0.2, 0.25) is 0 Å². The first kappa shape index (κ1) is 18.3. The van der Waals surface area contributed by atoms with Gasteiger partial charge in [-0.05, 0) is 35.9 Å². The molecule has 28 heavy (non-hydrogen) atoms. The second kappa shape index (κ2) is 7.16. The van der Waals surface area contributed by atoms with E-state index in [4.69, 9.17) is 16.3 Å². The van der Waals surface area contributed by atoms with Crippen molar-refractivity contribution in [1.29, 1.82) is 0 Å². The Labute approximate surface area is 163 Å². The van der Waals surface area contributed by atoms with Crippen molar-refractivity contribution in [2.45, 2.75) is 12.6 Å². The van der Waals surface area contributed by atoms with E-state index < -0.39 is 12.6 Å². The van der Waals surface area contributed by atoms with Crippen LogP contribution < -0.4 is 4.74 Å². The Bertz CT molecular complexity index is 1110. The van der Waals surface area contributed by atoms with Crippen molar-refractivity contribution in [3.8, 4) is 22.6 Å². The molecule has 0 saturated heterocycles. The van der Waals surface area contributed by atoms with Crippen LogP contribution in [0, 0.1) is 0 Å². The fourth-order valence-corrected chi connectivity index (χ4v) is 3.12.